The topological polar surface area (TPSA) is 47.6 Å². The van der Waals surface area contributed by atoms with E-state index in [1.165, 1.54) is 0 Å². The van der Waals surface area contributed by atoms with Crippen LogP contribution in [0, 0.1) is 0 Å². The Hall–Kier alpha value is -1.23. The molecule has 1 aliphatic heterocycles. The lowest BCUT2D eigenvalue weighted by Crippen LogP contribution is -2.27. The molecule has 1 heterocycles. The summed E-state index contributed by atoms with van der Waals surface area (Å²) in [5, 5.41) is 2.97. The van der Waals surface area contributed by atoms with Crippen LogP contribution in [0.5, 0.6) is 11.5 Å². The highest BCUT2D eigenvalue weighted by Crippen LogP contribution is 2.37. The van der Waals surface area contributed by atoms with Crippen LogP contribution >= 0.6 is 15.9 Å². The van der Waals surface area contributed by atoms with Crippen LogP contribution in [0.3, 0.4) is 0 Å². The van der Waals surface area contributed by atoms with Gasteiger partial charge in [0.1, 0.15) is 0 Å². The highest BCUT2D eigenvalue weighted by molar-refractivity contribution is 9.10. The fraction of sp³-hybridized carbons (Fsp3) is 0.500. The molecular weight excluding hydrogens is 310 g/mol. The smallest absolute Gasteiger partial charge is 0.220 e. The number of carbonyl (C=O) groups excluding carboxylic acids is 1. The van der Waals surface area contributed by atoms with E-state index in [1.54, 1.807) is 7.11 Å². The molecule has 1 aromatic carbocycles. The van der Waals surface area contributed by atoms with Crippen molar-refractivity contribution < 1.29 is 14.3 Å². The van der Waals surface area contributed by atoms with Crippen LogP contribution in [-0.2, 0) is 11.2 Å². The predicted octanol–water partition coefficient (Wildman–Crippen LogP) is 2.68. The molecule has 1 amide bonds. The minimum atomic E-state index is 0.141. The number of benzene rings is 1. The lowest BCUT2D eigenvalue weighted by molar-refractivity contribution is -0.119. The van der Waals surface area contributed by atoms with E-state index in [0.29, 0.717) is 13.0 Å². The maximum atomic E-state index is 11.2. The molecule has 1 saturated heterocycles. The van der Waals surface area contributed by atoms with E-state index < -0.39 is 0 Å². The molecule has 5 heteroatoms. The Kier molecular flexibility index (Phi) is 4.69. The second kappa shape index (κ2) is 6.28. The molecule has 104 valence electrons. The first-order chi connectivity index (χ1) is 9.13. The molecular formula is C14H18BrNO3. The molecule has 0 spiro atoms. The number of ether oxygens (including phenoxy) is 2. The maximum Gasteiger partial charge on any atom is 0.220 e. The van der Waals surface area contributed by atoms with Gasteiger partial charge in [-0.05, 0) is 53.4 Å². The summed E-state index contributed by atoms with van der Waals surface area (Å²) in [4.78, 5) is 11.2. The van der Waals surface area contributed by atoms with Gasteiger partial charge in [0.2, 0.25) is 5.91 Å². The van der Waals surface area contributed by atoms with E-state index in [4.69, 9.17) is 9.47 Å². The second-order valence-corrected chi connectivity index (χ2v) is 5.40. The summed E-state index contributed by atoms with van der Waals surface area (Å²) >= 11 is 3.51. The van der Waals surface area contributed by atoms with Gasteiger partial charge in [0.05, 0.1) is 18.2 Å². The molecule has 1 aromatic rings. The van der Waals surface area contributed by atoms with Gasteiger partial charge in [-0.1, -0.05) is 0 Å². The number of amides is 1. The zero-order valence-corrected chi connectivity index (χ0v) is 12.7. The summed E-state index contributed by atoms with van der Waals surface area (Å²) in [5.74, 6) is 1.58. The third-order valence-corrected chi connectivity index (χ3v) is 3.73. The predicted molar refractivity (Wildman–Crippen MR) is 76.7 cm³/mol. The average Bonchev–Trinajstić information content (AvgIpc) is 2.78. The molecule has 4 nitrogen and oxygen atoms in total. The molecule has 0 aliphatic carbocycles. The number of hydrogen-bond acceptors (Lipinski definition) is 3. The second-order valence-electron chi connectivity index (χ2n) is 4.55. The van der Waals surface area contributed by atoms with E-state index in [-0.39, 0.29) is 11.9 Å². The monoisotopic (exact) mass is 327 g/mol. The van der Waals surface area contributed by atoms with Crippen molar-refractivity contribution in [3.05, 3.63) is 22.2 Å². The number of halogens is 1. The number of rotatable bonds is 5. The molecule has 1 N–H and O–H groups in total. The van der Waals surface area contributed by atoms with Crippen molar-refractivity contribution >= 4 is 21.8 Å². The van der Waals surface area contributed by atoms with Crippen LogP contribution in [0.2, 0.25) is 0 Å². The number of hydrogen-bond donors (Lipinski definition) is 1. The average molecular weight is 328 g/mol. The van der Waals surface area contributed by atoms with Crippen molar-refractivity contribution in [3.63, 3.8) is 0 Å². The van der Waals surface area contributed by atoms with Crippen LogP contribution in [0.15, 0.2) is 16.6 Å². The molecule has 0 bridgehead atoms. The Morgan fingerprint density at radius 2 is 2.26 bits per heavy atom. The van der Waals surface area contributed by atoms with E-state index in [0.717, 1.165) is 34.4 Å². The van der Waals surface area contributed by atoms with Gasteiger partial charge in [-0.3, -0.25) is 4.79 Å². The van der Waals surface area contributed by atoms with E-state index >= 15 is 0 Å². The molecule has 0 saturated carbocycles. The summed E-state index contributed by atoms with van der Waals surface area (Å²) in [6, 6.07) is 4.22. The van der Waals surface area contributed by atoms with Crippen LogP contribution in [0.25, 0.3) is 0 Å². The largest absolute Gasteiger partial charge is 0.493 e. The van der Waals surface area contributed by atoms with Crippen LogP contribution in [0.1, 0.15) is 25.3 Å². The summed E-state index contributed by atoms with van der Waals surface area (Å²) in [6.07, 6.45) is 2.33. The van der Waals surface area contributed by atoms with Gasteiger partial charge in [0.15, 0.2) is 11.5 Å². The Morgan fingerprint density at radius 3 is 2.84 bits per heavy atom. The maximum absolute atomic E-state index is 11.2. The van der Waals surface area contributed by atoms with Gasteiger partial charge in [0, 0.05) is 12.5 Å². The van der Waals surface area contributed by atoms with Crippen molar-refractivity contribution in [1.82, 2.24) is 5.32 Å². The minimum absolute atomic E-state index is 0.141. The summed E-state index contributed by atoms with van der Waals surface area (Å²) in [6.45, 7) is 2.53. The van der Waals surface area contributed by atoms with Crippen LogP contribution in [-0.4, -0.2) is 25.7 Å². The highest BCUT2D eigenvalue weighted by Gasteiger charge is 2.22. The third-order valence-electron chi connectivity index (χ3n) is 3.14. The van der Waals surface area contributed by atoms with Gasteiger partial charge >= 0.3 is 0 Å². The van der Waals surface area contributed by atoms with Gasteiger partial charge in [-0.25, -0.2) is 0 Å². The van der Waals surface area contributed by atoms with E-state index in [2.05, 4.69) is 21.2 Å². The lowest BCUT2D eigenvalue weighted by Gasteiger charge is -2.15. The van der Waals surface area contributed by atoms with E-state index in [1.807, 2.05) is 19.1 Å². The lowest BCUT2D eigenvalue weighted by atomic mass is 10.0. The molecule has 1 unspecified atom stereocenters. The Morgan fingerprint density at radius 1 is 1.47 bits per heavy atom. The standard InChI is InChI=1S/C14H18BrNO3/c1-3-19-14-11(15)7-9(8-12(14)18-2)6-10-4-5-13(17)16-10/h7-8,10H,3-6H2,1-2H3,(H,16,17). The number of methoxy groups -OCH3 is 1. The number of nitrogens with one attached hydrogen (secondary N) is 1. The molecule has 0 aromatic heterocycles. The molecule has 1 atom stereocenters. The molecule has 2 rings (SSSR count). The first kappa shape index (κ1) is 14.2. The Bertz CT molecular complexity index is 476. The van der Waals surface area contributed by atoms with Crippen LogP contribution in [0.4, 0.5) is 0 Å². The van der Waals surface area contributed by atoms with Gasteiger partial charge in [0.25, 0.3) is 0 Å². The first-order valence-corrected chi connectivity index (χ1v) is 7.22. The molecule has 0 radical (unpaired) electrons. The normalized spacial score (nSPS) is 18.3. The summed E-state index contributed by atoms with van der Waals surface area (Å²) in [5.41, 5.74) is 1.12. The molecule has 19 heavy (non-hydrogen) atoms. The minimum Gasteiger partial charge on any atom is -0.493 e. The van der Waals surface area contributed by atoms with Crippen molar-refractivity contribution in [2.24, 2.45) is 0 Å². The SMILES string of the molecule is CCOc1c(Br)cc(CC2CCC(=O)N2)cc1OC. The fourth-order valence-corrected chi connectivity index (χ4v) is 2.89. The third kappa shape index (κ3) is 3.41. The quantitative estimate of drug-likeness (QED) is 0.904. The van der Waals surface area contributed by atoms with Gasteiger partial charge in [-0.2, -0.15) is 0 Å². The van der Waals surface area contributed by atoms with Crippen molar-refractivity contribution in [1.29, 1.82) is 0 Å². The number of carbonyl (C=O) groups is 1. The van der Waals surface area contributed by atoms with Crippen molar-refractivity contribution in [2.45, 2.75) is 32.2 Å². The highest BCUT2D eigenvalue weighted by atomic mass is 79.9. The zero-order chi connectivity index (χ0) is 13.8. The molecule has 1 aliphatic rings. The molecule has 1 fully saturated rings. The van der Waals surface area contributed by atoms with Gasteiger partial charge < -0.3 is 14.8 Å². The zero-order valence-electron chi connectivity index (χ0n) is 11.2. The van der Waals surface area contributed by atoms with E-state index in [9.17, 15) is 4.79 Å². The van der Waals surface area contributed by atoms with Gasteiger partial charge in [-0.15, -0.1) is 0 Å². The Balaban J connectivity index is 2.17. The van der Waals surface area contributed by atoms with Crippen molar-refractivity contribution in [3.8, 4) is 11.5 Å². The first-order valence-electron chi connectivity index (χ1n) is 6.42. The summed E-state index contributed by atoms with van der Waals surface area (Å²) < 4.78 is 11.8. The van der Waals surface area contributed by atoms with Crippen LogP contribution < -0.4 is 14.8 Å². The fourth-order valence-electron chi connectivity index (χ4n) is 2.29. The Labute approximate surface area is 121 Å². The summed E-state index contributed by atoms with van der Waals surface area (Å²) in [7, 11) is 1.63. The van der Waals surface area contributed by atoms with Crippen molar-refractivity contribution in [2.75, 3.05) is 13.7 Å².